The molecule has 0 N–H and O–H groups in total. The molecule has 0 heterocycles. The molecule has 0 amide bonds. The normalized spacial score (nSPS) is 22.0. The Morgan fingerprint density at radius 1 is 1.45 bits per heavy atom. The number of nitro groups is 1. The fourth-order valence-electron chi connectivity index (χ4n) is 2.79. The molecule has 0 aliphatic heterocycles. The minimum absolute atomic E-state index is 0.0420. The molecule has 1 fully saturated rings. The molecule has 2 unspecified atom stereocenters. The quantitative estimate of drug-likeness (QED) is 0.617. The van der Waals surface area contributed by atoms with Gasteiger partial charge in [-0.25, -0.2) is 0 Å². The van der Waals surface area contributed by atoms with E-state index in [1.165, 1.54) is 18.6 Å². The summed E-state index contributed by atoms with van der Waals surface area (Å²) in [4.78, 5) is 10.6. The van der Waals surface area contributed by atoms with Crippen LogP contribution in [0.5, 0.6) is 5.75 Å². The number of nitrogens with zero attached hydrogens (tertiary/aromatic N) is 2. The first kappa shape index (κ1) is 14.3. The summed E-state index contributed by atoms with van der Waals surface area (Å²) >= 11 is 0. The van der Waals surface area contributed by atoms with Crippen molar-refractivity contribution in [2.45, 2.75) is 45.1 Å². The van der Waals surface area contributed by atoms with Crippen molar-refractivity contribution in [1.29, 1.82) is 5.26 Å². The molecule has 5 nitrogen and oxygen atoms in total. The lowest BCUT2D eigenvalue weighted by atomic mass is 9.85. The van der Waals surface area contributed by atoms with Crippen LogP contribution in [-0.4, -0.2) is 11.0 Å². The Morgan fingerprint density at radius 3 is 2.85 bits per heavy atom. The van der Waals surface area contributed by atoms with E-state index in [2.05, 4.69) is 6.92 Å². The molecule has 1 aliphatic rings. The standard InChI is InChI=1S/C15H18N2O3/c1-2-12-5-3-4-6-14(12)20-15-8-7-11(10-16)9-13(15)17(18)19/h7-9,12,14H,2-6H2,1H3. The molecule has 2 atom stereocenters. The monoisotopic (exact) mass is 274 g/mol. The summed E-state index contributed by atoms with van der Waals surface area (Å²) in [5.41, 5.74) is 0.157. The molecule has 0 aromatic heterocycles. The van der Waals surface area contributed by atoms with Crippen molar-refractivity contribution < 1.29 is 9.66 Å². The fourth-order valence-corrected chi connectivity index (χ4v) is 2.79. The maximum absolute atomic E-state index is 11.1. The van der Waals surface area contributed by atoms with Crippen LogP contribution in [0.15, 0.2) is 18.2 Å². The number of benzene rings is 1. The lowest BCUT2D eigenvalue weighted by Crippen LogP contribution is -2.30. The van der Waals surface area contributed by atoms with Crippen LogP contribution in [0.3, 0.4) is 0 Å². The van der Waals surface area contributed by atoms with Crippen molar-refractivity contribution in [2.24, 2.45) is 5.92 Å². The summed E-state index contributed by atoms with van der Waals surface area (Å²) in [6, 6.07) is 6.29. The highest BCUT2D eigenvalue weighted by Gasteiger charge is 2.27. The molecular formula is C15H18N2O3. The van der Waals surface area contributed by atoms with Gasteiger partial charge in [-0.1, -0.05) is 13.3 Å². The molecule has 106 valence electrons. The minimum atomic E-state index is -0.486. The topological polar surface area (TPSA) is 76.2 Å². The predicted molar refractivity (Wildman–Crippen MR) is 74.5 cm³/mol. The van der Waals surface area contributed by atoms with Crippen LogP contribution in [-0.2, 0) is 0 Å². The predicted octanol–water partition coefficient (Wildman–Crippen LogP) is 3.81. The summed E-state index contributed by atoms with van der Waals surface area (Å²) in [6.45, 7) is 2.12. The third kappa shape index (κ3) is 3.08. The van der Waals surface area contributed by atoms with Crippen LogP contribution in [0.1, 0.15) is 44.6 Å². The first-order chi connectivity index (χ1) is 9.65. The number of hydrogen-bond donors (Lipinski definition) is 0. The highest BCUT2D eigenvalue weighted by molar-refractivity contribution is 5.51. The summed E-state index contributed by atoms with van der Waals surface area (Å²) in [5, 5.41) is 19.9. The van der Waals surface area contributed by atoms with E-state index in [4.69, 9.17) is 10.00 Å². The van der Waals surface area contributed by atoms with Crippen LogP contribution in [0, 0.1) is 27.4 Å². The zero-order valence-corrected chi connectivity index (χ0v) is 11.5. The Bertz CT molecular complexity index is 536. The molecule has 20 heavy (non-hydrogen) atoms. The first-order valence-electron chi connectivity index (χ1n) is 7.01. The molecule has 1 aromatic carbocycles. The molecule has 2 rings (SSSR count). The Balaban J connectivity index is 2.24. The van der Waals surface area contributed by atoms with Gasteiger partial charge in [-0.15, -0.1) is 0 Å². The average Bonchev–Trinajstić information content (AvgIpc) is 2.48. The number of rotatable bonds is 4. The number of nitro benzene ring substituents is 1. The van der Waals surface area contributed by atoms with Gasteiger partial charge < -0.3 is 4.74 Å². The van der Waals surface area contributed by atoms with Crippen molar-refractivity contribution in [1.82, 2.24) is 0 Å². The second kappa shape index (κ2) is 6.38. The number of nitriles is 1. The highest BCUT2D eigenvalue weighted by atomic mass is 16.6. The second-order valence-corrected chi connectivity index (χ2v) is 5.16. The van der Waals surface area contributed by atoms with Gasteiger partial charge in [0.1, 0.15) is 6.10 Å². The van der Waals surface area contributed by atoms with Gasteiger partial charge in [0.25, 0.3) is 0 Å². The Kier molecular flexibility index (Phi) is 4.57. The van der Waals surface area contributed by atoms with Gasteiger partial charge in [0, 0.05) is 6.07 Å². The van der Waals surface area contributed by atoms with Crippen LogP contribution in [0.2, 0.25) is 0 Å². The summed E-state index contributed by atoms with van der Waals surface area (Å²) in [7, 11) is 0. The van der Waals surface area contributed by atoms with Crippen LogP contribution in [0.4, 0.5) is 5.69 Å². The van der Waals surface area contributed by atoms with E-state index in [0.29, 0.717) is 5.92 Å². The highest BCUT2D eigenvalue weighted by Crippen LogP contribution is 2.34. The zero-order valence-electron chi connectivity index (χ0n) is 11.5. The third-order valence-electron chi connectivity index (χ3n) is 3.93. The van der Waals surface area contributed by atoms with Gasteiger partial charge in [-0.05, 0) is 43.7 Å². The number of hydrogen-bond acceptors (Lipinski definition) is 4. The van der Waals surface area contributed by atoms with Crippen LogP contribution in [0.25, 0.3) is 0 Å². The minimum Gasteiger partial charge on any atom is -0.483 e. The maximum Gasteiger partial charge on any atom is 0.312 e. The lowest BCUT2D eigenvalue weighted by molar-refractivity contribution is -0.386. The van der Waals surface area contributed by atoms with Gasteiger partial charge in [0.2, 0.25) is 0 Å². The maximum atomic E-state index is 11.1. The Labute approximate surface area is 118 Å². The van der Waals surface area contributed by atoms with Gasteiger partial charge in [0.05, 0.1) is 16.6 Å². The summed E-state index contributed by atoms with van der Waals surface area (Å²) in [5.74, 6) is 0.735. The van der Waals surface area contributed by atoms with E-state index in [-0.39, 0.29) is 23.1 Å². The molecule has 5 heteroatoms. The van der Waals surface area contributed by atoms with Crippen molar-refractivity contribution in [2.75, 3.05) is 0 Å². The van der Waals surface area contributed by atoms with E-state index in [0.717, 1.165) is 25.7 Å². The second-order valence-electron chi connectivity index (χ2n) is 5.16. The van der Waals surface area contributed by atoms with Gasteiger partial charge in [0.15, 0.2) is 5.75 Å². The van der Waals surface area contributed by atoms with E-state index in [9.17, 15) is 10.1 Å². The molecule has 1 aromatic rings. The smallest absolute Gasteiger partial charge is 0.312 e. The molecule has 0 radical (unpaired) electrons. The van der Waals surface area contributed by atoms with E-state index in [1.807, 2.05) is 6.07 Å². The molecule has 0 bridgehead atoms. The van der Waals surface area contributed by atoms with Crippen LogP contribution >= 0.6 is 0 Å². The molecule has 0 saturated heterocycles. The largest absolute Gasteiger partial charge is 0.483 e. The Morgan fingerprint density at radius 2 is 2.20 bits per heavy atom. The third-order valence-corrected chi connectivity index (χ3v) is 3.93. The molecule has 0 spiro atoms. The van der Waals surface area contributed by atoms with E-state index >= 15 is 0 Å². The zero-order chi connectivity index (χ0) is 14.5. The van der Waals surface area contributed by atoms with Crippen molar-refractivity contribution in [3.05, 3.63) is 33.9 Å². The summed E-state index contributed by atoms with van der Waals surface area (Å²) in [6.07, 6.45) is 5.43. The molecule has 1 aliphatic carbocycles. The van der Waals surface area contributed by atoms with E-state index in [1.54, 1.807) is 6.07 Å². The summed E-state index contributed by atoms with van der Waals surface area (Å²) < 4.78 is 5.90. The Hall–Kier alpha value is -2.09. The SMILES string of the molecule is CCC1CCCCC1Oc1ccc(C#N)cc1[N+](=O)[O-]. The van der Waals surface area contributed by atoms with Crippen molar-refractivity contribution in [3.8, 4) is 11.8 Å². The molecular weight excluding hydrogens is 256 g/mol. The lowest BCUT2D eigenvalue weighted by Gasteiger charge is -2.31. The van der Waals surface area contributed by atoms with Crippen LogP contribution < -0.4 is 4.74 Å². The van der Waals surface area contributed by atoms with Gasteiger partial charge in [-0.2, -0.15) is 5.26 Å². The fraction of sp³-hybridized carbons (Fsp3) is 0.533. The van der Waals surface area contributed by atoms with Crippen molar-refractivity contribution in [3.63, 3.8) is 0 Å². The van der Waals surface area contributed by atoms with Crippen molar-refractivity contribution >= 4 is 5.69 Å². The molecule has 1 saturated carbocycles. The number of ether oxygens (including phenoxy) is 1. The first-order valence-corrected chi connectivity index (χ1v) is 7.01. The van der Waals surface area contributed by atoms with E-state index < -0.39 is 4.92 Å². The van der Waals surface area contributed by atoms with Gasteiger partial charge >= 0.3 is 5.69 Å². The average molecular weight is 274 g/mol. The van der Waals surface area contributed by atoms with Gasteiger partial charge in [-0.3, -0.25) is 10.1 Å².